The Morgan fingerprint density at radius 3 is 1.69 bits per heavy atom. The predicted octanol–water partition coefficient (Wildman–Crippen LogP) is 3.27. The van der Waals surface area contributed by atoms with Crippen molar-refractivity contribution in [2.24, 2.45) is 5.73 Å². The molecule has 2 amide bonds. The van der Waals surface area contributed by atoms with Crippen LogP contribution in [-0.2, 0) is 11.1 Å². The summed E-state index contributed by atoms with van der Waals surface area (Å²) in [4.78, 5) is 34.0. The van der Waals surface area contributed by atoms with E-state index in [9.17, 15) is 9.59 Å². The van der Waals surface area contributed by atoms with E-state index < -0.39 is 0 Å². The van der Waals surface area contributed by atoms with E-state index in [0.717, 1.165) is 6.42 Å². The maximum absolute atomic E-state index is 12.3. The van der Waals surface area contributed by atoms with Gasteiger partial charge in [0.1, 0.15) is 0 Å². The maximum Gasteiger partial charge on any atom is 0.261 e. The van der Waals surface area contributed by atoms with Crippen LogP contribution in [0.5, 0.6) is 0 Å². The number of hydrogen-bond donors (Lipinski definition) is 1. The zero-order valence-corrected chi connectivity index (χ0v) is 19.2. The number of imide groups is 1. The van der Waals surface area contributed by atoms with E-state index in [2.05, 4.69) is 42.2 Å². The largest absolute Gasteiger partial charge is 0.332 e. The standard InChI is InChI=1S/C16H17N3O2.C8H15N3/c1-16(2,18-10-8-17-11-18)7-9-19-14(20)12-5-3-4-6-13(12)15(19)21;1-8(2,3-4-9)11-6-5-10-7-11/h3-6,8,10-11H,7,9H2,1-2H3;5-7H,3-4,9H2,1-2H3. The zero-order chi connectivity index (χ0) is 23.4. The third-order valence-electron chi connectivity index (χ3n) is 5.99. The molecule has 2 aromatic heterocycles. The van der Waals surface area contributed by atoms with Gasteiger partial charge in [0.15, 0.2) is 0 Å². The average molecular weight is 437 g/mol. The quantitative estimate of drug-likeness (QED) is 0.573. The number of hydrogen-bond acceptors (Lipinski definition) is 5. The molecule has 2 N–H and O–H groups in total. The number of carbonyl (C=O) groups is 2. The summed E-state index contributed by atoms with van der Waals surface area (Å²) in [6.07, 6.45) is 12.6. The van der Waals surface area contributed by atoms with Gasteiger partial charge in [0, 0.05) is 42.4 Å². The number of nitrogens with zero attached hydrogens (tertiary/aromatic N) is 5. The number of imidazole rings is 2. The fourth-order valence-corrected chi connectivity index (χ4v) is 3.67. The van der Waals surface area contributed by atoms with Gasteiger partial charge in [0.25, 0.3) is 11.8 Å². The van der Waals surface area contributed by atoms with Crippen LogP contribution in [0.2, 0.25) is 0 Å². The van der Waals surface area contributed by atoms with Gasteiger partial charge in [-0.3, -0.25) is 14.5 Å². The van der Waals surface area contributed by atoms with Crippen LogP contribution in [0.25, 0.3) is 0 Å². The molecule has 32 heavy (non-hydrogen) atoms. The molecule has 0 atom stereocenters. The Balaban J connectivity index is 0.000000222. The van der Waals surface area contributed by atoms with Crippen molar-refractivity contribution in [3.8, 4) is 0 Å². The molecule has 4 rings (SSSR count). The first-order valence-corrected chi connectivity index (χ1v) is 10.8. The van der Waals surface area contributed by atoms with E-state index in [-0.39, 0.29) is 22.9 Å². The summed E-state index contributed by atoms with van der Waals surface area (Å²) in [5, 5.41) is 0. The van der Waals surface area contributed by atoms with E-state index >= 15 is 0 Å². The summed E-state index contributed by atoms with van der Waals surface area (Å²) in [6.45, 7) is 9.55. The van der Waals surface area contributed by atoms with Crippen LogP contribution in [0, 0.1) is 0 Å². The van der Waals surface area contributed by atoms with Gasteiger partial charge in [0.05, 0.1) is 23.8 Å². The number of fused-ring (bicyclic) bond motifs is 1. The molecule has 1 aliphatic heterocycles. The van der Waals surface area contributed by atoms with E-state index in [1.165, 1.54) is 4.90 Å². The van der Waals surface area contributed by atoms with Crippen LogP contribution >= 0.6 is 0 Å². The Labute approximate surface area is 189 Å². The number of amides is 2. The molecule has 0 fully saturated rings. The Kier molecular flexibility index (Phi) is 6.93. The molecule has 0 aliphatic carbocycles. The second-order valence-electron chi connectivity index (χ2n) is 9.16. The highest BCUT2D eigenvalue weighted by Crippen LogP contribution is 2.26. The van der Waals surface area contributed by atoms with Crippen molar-refractivity contribution in [2.45, 2.75) is 51.6 Å². The maximum atomic E-state index is 12.3. The summed E-state index contributed by atoms with van der Waals surface area (Å²) in [6, 6.07) is 6.97. The first-order valence-electron chi connectivity index (χ1n) is 10.8. The van der Waals surface area contributed by atoms with Crippen molar-refractivity contribution in [1.29, 1.82) is 0 Å². The van der Waals surface area contributed by atoms with E-state index in [4.69, 9.17) is 5.73 Å². The minimum atomic E-state index is -0.203. The van der Waals surface area contributed by atoms with Crippen molar-refractivity contribution in [2.75, 3.05) is 13.1 Å². The van der Waals surface area contributed by atoms with Crippen LogP contribution in [0.1, 0.15) is 61.3 Å². The molecule has 0 spiro atoms. The molecular weight excluding hydrogens is 404 g/mol. The molecular formula is C24H32N6O2. The van der Waals surface area contributed by atoms with Crippen LogP contribution < -0.4 is 5.73 Å². The smallest absolute Gasteiger partial charge is 0.261 e. The Bertz CT molecular complexity index is 1000. The average Bonchev–Trinajstić information content (AvgIpc) is 3.51. The third-order valence-corrected chi connectivity index (χ3v) is 5.99. The monoisotopic (exact) mass is 436 g/mol. The molecule has 0 unspecified atom stereocenters. The molecule has 3 heterocycles. The summed E-state index contributed by atoms with van der Waals surface area (Å²) in [5.41, 5.74) is 6.39. The van der Waals surface area contributed by atoms with Crippen molar-refractivity contribution < 1.29 is 9.59 Å². The van der Waals surface area contributed by atoms with Gasteiger partial charge in [-0.05, 0) is 59.2 Å². The van der Waals surface area contributed by atoms with Crippen molar-refractivity contribution in [1.82, 2.24) is 24.0 Å². The van der Waals surface area contributed by atoms with Gasteiger partial charge in [0.2, 0.25) is 0 Å². The molecule has 0 bridgehead atoms. The van der Waals surface area contributed by atoms with Gasteiger partial charge in [-0.25, -0.2) is 9.97 Å². The lowest BCUT2D eigenvalue weighted by molar-refractivity contribution is 0.0637. The molecule has 0 saturated heterocycles. The highest BCUT2D eigenvalue weighted by atomic mass is 16.2. The minimum Gasteiger partial charge on any atom is -0.332 e. The van der Waals surface area contributed by atoms with Crippen molar-refractivity contribution >= 4 is 11.8 Å². The van der Waals surface area contributed by atoms with Gasteiger partial charge in [-0.1, -0.05) is 12.1 Å². The van der Waals surface area contributed by atoms with Gasteiger partial charge < -0.3 is 14.9 Å². The predicted molar refractivity (Wildman–Crippen MR) is 123 cm³/mol. The lowest BCUT2D eigenvalue weighted by Gasteiger charge is -2.28. The number of aromatic nitrogens is 4. The van der Waals surface area contributed by atoms with Gasteiger partial charge >= 0.3 is 0 Å². The second kappa shape index (κ2) is 9.48. The first-order chi connectivity index (χ1) is 15.2. The molecule has 3 aromatic rings. The van der Waals surface area contributed by atoms with E-state index in [1.54, 1.807) is 43.0 Å². The Morgan fingerprint density at radius 2 is 1.28 bits per heavy atom. The number of rotatable bonds is 7. The molecule has 0 saturated carbocycles. The number of benzene rings is 1. The summed E-state index contributed by atoms with van der Waals surface area (Å²) in [5.74, 6) is -0.394. The Hall–Kier alpha value is -3.26. The second-order valence-corrected chi connectivity index (χ2v) is 9.16. The molecule has 170 valence electrons. The van der Waals surface area contributed by atoms with E-state index in [1.807, 2.05) is 23.3 Å². The third kappa shape index (κ3) is 4.96. The molecule has 8 nitrogen and oxygen atoms in total. The van der Waals surface area contributed by atoms with Crippen LogP contribution in [0.15, 0.2) is 61.7 Å². The summed E-state index contributed by atoms with van der Waals surface area (Å²) >= 11 is 0. The molecule has 1 aliphatic rings. The minimum absolute atomic E-state index is 0.102. The lowest BCUT2D eigenvalue weighted by atomic mass is 10.00. The topological polar surface area (TPSA) is 99.0 Å². The SMILES string of the molecule is CC(C)(CCN)n1ccnc1.CC(C)(CCN1C(=O)c2ccccc2C1=O)n1ccnc1. The molecule has 1 aromatic carbocycles. The van der Waals surface area contributed by atoms with Crippen LogP contribution in [-0.4, -0.2) is 48.9 Å². The van der Waals surface area contributed by atoms with E-state index in [0.29, 0.717) is 30.6 Å². The first kappa shape index (κ1) is 23.4. The van der Waals surface area contributed by atoms with Crippen LogP contribution in [0.4, 0.5) is 0 Å². The number of nitrogens with two attached hydrogens (primary N) is 1. The molecule has 0 radical (unpaired) electrons. The fraction of sp³-hybridized carbons (Fsp3) is 0.417. The normalized spacial score (nSPS) is 13.7. The van der Waals surface area contributed by atoms with Gasteiger partial charge in [-0.15, -0.1) is 0 Å². The van der Waals surface area contributed by atoms with Crippen molar-refractivity contribution in [3.05, 3.63) is 72.8 Å². The summed E-state index contributed by atoms with van der Waals surface area (Å²) in [7, 11) is 0. The zero-order valence-electron chi connectivity index (χ0n) is 19.2. The highest BCUT2D eigenvalue weighted by Gasteiger charge is 2.36. The fourth-order valence-electron chi connectivity index (χ4n) is 3.67. The molecule has 8 heteroatoms. The van der Waals surface area contributed by atoms with Crippen LogP contribution in [0.3, 0.4) is 0 Å². The van der Waals surface area contributed by atoms with Crippen molar-refractivity contribution in [3.63, 3.8) is 0 Å². The summed E-state index contributed by atoms with van der Waals surface area (Å²) < 4.78 is 4.07. The number of carbonyl (C=O) groups excluding carboxylic acids is 2. The highest BCUT2D eigenvalue weighted by molar-refractivity contribution is 6.21. The lowest BCUT2D eigenvalue weighted by Crippen LogP contribution is -2.36. The Morgan fingerprint density at radius 1 is 0.812 bits per heavy atom. The van der Waals surface area contributed by atoms with Gasteiger partial charge in [-0.2, -0.15) is 0 Å².